The molecule has 1 aliphatic rings. The minimum Gasteiger partial charge on any atom is -0.343 e. The summed E-state index contributed by atoms with van der Waals surface area (Å²) in [5, 5.41) is 0. The number of carbonyl (C=O) groups excluding carboxylic acids is 1. The highest BCUT2D eigenvalue weighted by Gasteiger charge is 2.32. The van der Waals surface area contributed by atoms with Crippen LogP contribution in [-0.2, 0) is 14.3 Å². The molecule has 0 amide bonds. The maximum absolute atomic E-state index is 10.3. The molecular weight excluding hydrogens is 144 g/mol. The Balaban J connectivity index is 2.57. The molecule has 2 atom stereocenters. The minimum absolute atomic E-state index is 0.106. The van der Waals surface area contributed by atoms with E-state index in [0.717, 1.165) is 6.42 Å². The van der Waals surface area contributed by atoms with Gasteiger partial charge in [0.15, 0.2) is 6.29 Å². The average Bonchev–Trinajstić information content (AvgIpc) is 1.83. The fourth-order valence-corrected chi connectivity index (χ4v) is 1.42. The summed E-state index contributed by atoms with van der Waals surface area (Å²) < 4.78 is 10.5. The average molecular weight is 158 g/mol. The van der Waals surface area contributed by atoms with E-state index in [-0.39, 0.29) is 11.7 Å². The van der Waals surface area contributed by atoms with E-state index < -0.39 is 6.29 Å². The van der Waals surface area contributed by atoms with Crippen LogP contribution in [0, 0.1) is 0 Å². The van der Waals surface area contributed by atoms with Gasteiger partial charge < -0.3 is 9.47 Å². The second-order valence-corrected chi connectivity index (χ2v) is 3.53. The van der Waals surface area contributed by atoms with Gasteiger partial charge in [0, 0.05) is 6.42 Å². The molecule has 2 unspecified atom stereocenters. The van der Waals surface area contributed by atoms with Gasteiger partial charge in [0.2, 0.25) is 6.29 Å². The van der Waals surface area contributed by atoms with Crippen molar-refractivity contribution >= 4 is 6.29 Å². The maximum Gasteiger partial charge on any atom is 0.215 e. The molecule has 1 heterocycles. The van der Waals surface area contributed by atoms with Gasteiger partial charge in [0.05, 0.1) is 11.7 Å². The molecular formula is C8H14O3. The predicted molar refractivity (Wildman–Crippen MR) is 40.2 cm³/mol. The smallest absolute Gasteiger partial charge is 0.215 e. The van der Waals surface area contributed by atoms with Crippen LogP contribution in [0.2, 0.25) is 0 Å². The summed E-state index contributed by atoms with van der Waals surface area (Å²) in [6.45, 7) is 5.87. The second kappa shape index (κ2) is 2.91. The van der Waals surface area contributed by atoms with Gasteiger partial charge in [0.1, 0.15) is 0 Å². The lowest BCUT2D eigenvalue weighted by Crippen LogP contribution is -2.43. The van der Waals surface area contributed by atoms with Crippen LogP contribution in [0.1, 0.15) is 27.2 Å². The summed E-state index contributed by atoms with van der Waals surface area (Å²) in [5.74, 6) is 0. The summed E-state index contributed by atoms with van der Waals surface area (Å²) in [6.07, 6.45) is 0.956. The Morgan fingerprint density at radius 2 is 2.18 bits per heavy atom. The first kappa shape index (κ1) is 8.68. The molecule has 1 aliphatic heterocycles. The van der Waals surface area contributed by atoms with Crippen LogP contribution in [-0.4, -0.2) is 24.3 Å². The van der Waals surface area contributed by atoms with Gasteiger partial charge in [-0.3, -0.25) is 4.79 Å². The van der Waals surface area contributed by atoms with Gasteiger partial charge in [0.25, 0.3) is 0 Å². The third kappa shape index (κ3) is 2.27. The number of hydrogen-bond donors (Lipinski definition) is 0. The van der Waals surface area contributed by atoms with Crippen molar-refractivity contribution in [1.29, 1.82) is 0 Å². The summed E-state index contributed by atoms with van der Waals surface area (Å²) in [6, 6.07) is 0. The molecule has 3 heteroatoms. The normalized spacial score (nSPS) is 36.6. The molecule has 1 saturated heterocycles. The lowest BCUT2D eigenvalue weighted by Gasteiger charge is -2.37. The standard InChI is InChI=1S/C8H14O3/c1-6-4-8(2,3)11-7(5-9)10-6/h5-7H,4H2,1-3H3. The van der Waals surface area contributed by atoms with E-state index in [2.05, 4.69) is 0 Å². The Labute approximate surface area is 66.7 Å². The molecule has 0 aliphatic carbocycles. The van der Waals surface area contributed by atoms with Gasteiger partial charge in [-0.05, 0) is 20.8 Å². The largest absolute Gasteiger partial charge is 0.343 e. The van der Waals surface area contributed by atoms with Crippen LogP contribution in [0.4, 0.5) is 0 Å². The summed E-state index contributed by atoms with van der Waals surface area (Å²) in [5.41, 5.74) is -0.233. The number of rotatable bonds is 1. The molecule has 64 valence electrons. The highest BCUT2D eigenvalue weighted by Crippen LogP contribution is 2.26. The number of ether oxygens (including phenoxy) is 2. The van der Waals surface area contributed by atoms with E-state index in [1.54, 1.807) is 0 Å². The molecule has 1 fully saturated rings. The van der Waals surface area contributed by atoms with Crippen LogP contribution in [0.5, 0.6) is 0 Å². The Morgan fingerprint density at radius 1 is 1.55 bits per heavy atom. The van der Waals surface area contributed by atoms with Crippen molar-refractivity contribution < 1.29 is 14.3 Å². The highest BCUT2D eigenvalue weighted by atomic mass is 16.7. The Hall–Kier alpha value is -0.410. The van der Waals surface area contributed by atoms with E-state index >= 15 is 0 Å². The lowest BCUT2D eigenvalue weighted by atomic mass is 10.0. The van der Waals surface area contributed by atoms with Crippen LogP contribution in [0.3, 0.4) is 0 Å². The molecule has 0 aromatic heterocycles. The number of aldehydes is 1. The monoisotopic (exact) mass is 158 g/mol. The lowest BCUT2D eigenvalue weighted by molar-refractivity contribution is -0.251. The Bertz CT molecular complexity index is 153. The first-order valence-electron chi connectivity index (χ1n) is 3.82. The Morgan fingerprint density at radius 3 is 2.64 bits per heavy atom. The van der Waals surface area contributed by atoms with E-state index in [1.807, 2.05) is 20.8 Å². The van der Waals surface area contributed by atoms with E-state index in [1.165, 1.54) is 0 Å². The van der Waals surface area contributed by atoms with Gasteiger partial charge in [-0.15, -0.1) is 0 Å². The van der Waals surface area contributed by atoms with E-state index in [4.69, 9.17) is 9.47 Å². The van der Waals surface area contributed by atoms with Crippen molar-refractivity contribution in [1.82, 2.24) is 0 Å². The second-order valence-electron chi connectivity index (χ2n) is 3.53. The molecule has 11 heavy (non-hydrogen) atoms. The van der Waals surface area contributed by atoms with Gasteiger partial charge in [-0.25, -0.2) is 0 Å². The van der Waals surface area contributed by atoms with Crippen LogP contribution in [0.25, 0.3) is 0 Å². The maximum atomic E-state index is 10.3. The zero-order chi connectivity index (χ0) is 8.48. The predicted octanol–water partition coefficient (Wildman–Crippen LogP) is 1.12. The molecule has 0 bridgehead atoms. The third-order valence-electron chi connectivity index (χ3n) is 1.69. The first-order chi connectivity index (χ1) is 5.03. The summed E-state index contributed by atoms with van der Waals surface area (Å²) in [7, 11) is 0. The van der Waals surface area contributed by atoms with Crippen LogP contribution < -0.4 is 0 Å². The molecule has 0 radical (unpaired) electrons. The van der Waals surface area contributed by atoms with Crippen molar-refractivity contribution in [3.05, 3.63) is 0 Å². The van der Waals surface area contributed by atoms with Gasteiger partial charge in [-0.1, -0.05) is 0 Å². The van der Waals surface area contributed by atoms with Crippen molar-refractivity contribution in [3.8, 4) is 0 Å². The van der Waals surface area contributed by atoms with Crippen molar-refractivity contribution in [2.45, 2.75) is 45.2 Å². The Kier molecular flexibility index (Phi) is 2.30. The number of carbonyl (C=O) groups is 1. The molecule has 0 aromatic carbocycles. The number of hydrogen-bond acceptors (Lipinski definition) is 3. The quantitative estimate of drug-likeness (QED) is 0.536. The molecule has 0 N–H and O–H groups in total. The van der Waals surface area contributed by atoms with Crippen LogP contribution >= 0.6 is 0 Å². The zero-order valence-corrected chi connectivity index (χ0v) is 7.16. The fourth-order valence-electron chi connectivity index (χ4n) is 1.42. The topological polar surface area (TPSA) is 35.5 Å². The summed E-state index contributed by atoms with van der Waals surface area (Å²) >= 11 is 0. The summed E-state index contributed by atoms with van der Waals surface area (Å²) in [4.78, 5) is 10.3. The van der Waals surface area contributed by atoms with Crippen molar-refractivity contribution in [2.75, 3.05) is 0 Å². The minimum atomic E-state index is -0.672. The van der Waals surface area contributed by atoms with Crippen molar-refractivity contribution in [3.63, 3.8) is 0 Å². The molecule has 0 saturated carbocycles. The van der Waals surface area contributed by atoms with Crippen molar-refractivity contribution in [2.24, 2.45) is 0 Å². The van der Waals surface area contributed by atoms with Crippen LogP contribution in [0.15, 0.2) is 0 Å². The fraction of sp³-hybridized carbons (Fsp3) is 0.875. The molecule has 1 rings (SSSR count). The molecule has 3 nitrogen and oxygen atoms in total. The highest BCUT2D eigenvalue weighted by molar-refractivity contribution is 5.54. The van der Waals surface area contributed by atoms with E-state index in [9.17, 15) is 4.79 Å². The third-order valence-corrected chi connectivity index (χ3v) is 1.69. The zero-order valence-electron chi connectivity index (χ0n) is 7.16. The first-order valence-corrected chi connectivity index (χ1v) is 3.82. The SMILES string of the molecule is CC1CC(C)(C)OC(C=O)O1. The van der Waals surface area contributed by atoms with Gasteiger partial charge >= 0.3 is 0 Å². The van der Waals surface area contributed by atoms with E-state index in [0.29, 0.717) is 6.29 Å². The van der Waals surface area contributed by atoms with Gasteiger partial charge in [-0.2, -0.15) is 0 Å². The molecule has 0 spiro atoms. The molecule has 0 aromatic rings.